The molecule has 0 radical (unpaired) electrons. The molecule has 1 aliphatic heterocycles. The van der Waals surface area contributed by atoms with E-state index in [1.165, 1.54) is 0 Å². The first-order valence-electron chi connectivity index (χ1n) is 5.21. The lowest BCUT2D eigenvalue weighted by molar-refractivity contribution is 0.413. The second kappa shape index (κ2) is 4.06. The lowest BCUT2D eigenvalue weighted by atomic mass is 10.0. The lowest BCUT2D eigenvalue weighted by Crippen LogP contribution is -2.37. The molecule has 1 fully saturated rings. The second-order valence-electron chi connectivity index (χ2n) is 4.20. The average molecular weight is 207 g/mol. The van der Waals surface area contributed by atoms with Gasteiger partial charge in [0.25, 0.3) is 0 Å². The molecule has 0 bridgehead atoms. The number of nitrogens with one attached hydrogen (secondary N) is 2. The zero-order valence-electron chi connectivity index (χ0n) is 9.21. The van der Waals surface area contributed by atoms with E-state index in [4.69, 9.17) is 4.74 Å². The number of pyridine rings is 1. The van der Waals surface area contributed by atoms with E-state index in [2.05, 4.69) is 22.5 Å². The monoisotopic (exact) mass is 207 g/mol. The van der Waals surface area contributed by atoms with Crippen LogP contribution in [-0.2, 0) is 0 Å². The number of hydrogen-bond donors (Lipinski definition) is 2. The highest BCUT2D eigenvalue weighted by Crippen LogP contribution is 2.20. The molecule has 1 aromatic rings. The van der Waals surface area contributed by atoms with Crippen molar-refractivity contribution in [3.05, 3.63) is 18.3 Å². The van der Waals surface area contributed by atoms with Crippen LogP contribution in [0.15, 0.2) is 18.3 Å². The van der Waals surface area contributed by atoms with Gasteiger partial charge in [-0.15, -0.1) is 0 Å². The molecular formula is C11H17N3O. The largest absolute Gasteiger partial charge is 0.495 e. The molecule has 1 aromatic heterocycles. The number of nitrogens with zero attached hydrogens (tertiary/aromatic N) is 1. The third-order valence-corrected chi connectivity index (χ3v) is 2.77. The summed E-state index contributed by atoms with van der Waals surface area (Å²) in [5, 5.41) is 6.78. The van der Waals surface area contributed by atoms with Crippen LogP contribution in [0, 0.1) is 0 Å². The first-order valence-corrected chi connectivity index (χ1v) is 5.21. The summed E-state index contributed by atoms with van der Waals surface area (Å²) < 4.78 is 5.06. The maximum absolute atomic E-state index is 5.06. The number of rotatable bonds is 3. The Labute approximate surface area is 90.0 Å². The predicted molar refractivity (Wildman–Crippen MR) is 60.3 cm³/mol. The van der Waals surface area contributed by atoms with Gasteiger partial charge in [-0.1, -0.05) is 0 Å². The predicted octanol–water partition coefficient (Wildman–Crippen LogP) is 1.25. The second-order valence-corrected chi connectivity index (χ2v) is 4.20. The van der Waals surface area contributed by atoms with Crippen molar-refractivity contribution in [1.29, 1.82) is 0 Å². The van der Waals surface area contributed by atoms with E-state index in [0.29, 0.717) is 0 Å². The number of anilines is 1. The molecule has 0 spiro atoms. The van der Waals surface area contributed by atoms with Crippen molar-refractivity contribution >= 4 is 5.82 Å². The van der Waals surface area contributed by atoms with E-state index in [-0.39, 0.29) is 5.54 Å². The zero-order valence-corrected chi connectivity index (χ0v) is 9.21. The number of aromatic nitrogens is 1. The van der Waals surface area contributed by atoms with Gasteiger partial charge in [0.2, 0.25) is 0 Å². The summed E-state index contributed by atoms with van der Waals surface area (Å²) in [7, 11) is 1.65. The Bertz CT molecular complexity index is 317. The van der Waals surface area contributed by atoms with E-state index in [1.54, 1.807) is 13.3 Å². The summed E-state index contributed by atoms with van der Waals surface area (Å²) in [6, 6.07) is 3.86. The normalized spacial score (nSPS) is 25.2. The Balaban J connectivity index is 2.04. The summed E-state index contributed by atoms with van der Waals surface area (Å²) in [6.07, 6.45) is 2.86. The summed E-state index contributed by atoms with van der Waals surface area (Å²) in [5.41, 5.74) is 0.127. The van der Waals surface area contributed by atoms with Gasteiger partial charge in [-0.2, -0.15) is 0 Å². The molecule has 2 N–H and O–H groups in total. The van der Waals surface area contributed by atoms with Crippen LogP contribution >= 0.6 is 0 Å². The molecule has 0 aromatic carbocycles. The minimum absolute atomic E-state index is 0.127. The minimum atomic E-state index is 0.127. The highest BCUT2D eigenvalue weighted by molar-refractivity contribution is 5.40. The standard InChI is InChI=1S/C11H17N3O/c1-11(5-6-12-8-11)14-10-4-3-9(15-2)7-13-10/h3-4,7,12H,5-6,8H2,1-2H3,(H,13,14). The van der Waals surface area contributed by atoms with Gasteiger partial charge in [-0.25, -0.2) is 4.98 Å². The molecule has 2 rings (SSSR count). The van der Waals surface area contributed by atoms with E-state index in [9.17, 15) is 0 Å². The molecule has 1 atom stereocenters. The summed E-state index contributed by atoms with van der Waals surface area (Å²) in [5.74, 6) is 1.69. The van der Waals surface area contributed by atoms with Crippen molar-refractivity contribution in [2.45, 2.75) is 18.9 Å². The number of ether oxygens (including phenoxy) is 1. The Morgan fingerprint density at radius 1 is 1.53 bits per heavy atom. The van der Waals surface area contributed by atoms with Crippen molar-refractivity contribution in [2.24, 2.45) is 0 Å². The molecule has 15 heavy (non-hydrogen) atoms. The van der Waals surface area contributed by atoms with Crippen LogP contribution in [0.3, 0.4) is 0 Å². The van der Waals surface area contributed by atoms with Crippen molar-refractivity contribution in [3.63, 3.8) is 0 Å². The highest BCUT2D eigenvalue weighted by atomic mass is 16.5. The Kier molecular flexibility index (Phi) is 2.77. The van der Waals surface area contributed by atoms with Crippen molar-refractivity contribution in [3.8, 4) is 5.75 Å². The van der Waals surface area contributed by atoms with Crippen LogP contribution < -0.4 is 15.4 Å². The molecule has 0 aliphatic carbocycles. The van der Waals surface area contributed by atoms with Gasteiger partial charge in [0.05, 0.1) is 13.3 Å². The van der Waals surface area contributed by atoms with Gasteiger partial charge in [0.15, 0.2) is 0 Å². The van der Waals surface area contributed by atoms with Gasteiger partial charge in [0, 0.05) is 12.1 Å². The molecule has 0 saturated carbocycles. The van der Waals surface area contributed by atoms with Gasteiger partial charge in [-0.3, -0.25) is 0 Å². The first kappa shape index (κ1) is 10.2. The van der Waals surface area contributed by atoms with E-state index in [0.717, 1.165) is 31.1 Å². The Hall–Kier alpha value is -1.29. The molecule has 1 unspecified atom stereocenters. The molecule has 82 valence electrons. The fourth-order valence-corrected chi connectivity index (χ4v) is 1.81. The maximum atomic E-state index is 5.06. The molecule has 1 aliphatic rings. The fourth-order valence-electron chi connectivity index (χ4n) is 1.81. The molecular weight excluding hydrogens is 190 g/mol. The summed E-state index contributed by atoms with van der Waals surface area (Å²) in [4.78, 5) is 4.29. The van der Waals surface area contributed by atoms with Crippen LogP contribution in [0.5, 0.6) is 5.75 Å². The minimum Gasteiger partial charge on any atom is -0.495 e. The van der Waals surface area contributed by atoms with Crippen molar-refractivity contribution in [1.82, 2.24) is 10.3 Å². The topological polar surface area (TPSA) is 46.2 Å². The molecule has 4 nitrogen and oxygen atoms in total. The Morgan fingerprint density at radius 2 is 2.40 bits per heavy atom. The van der Waals surface area contributed by atoms with Crippen LogP contribution in [-0.4, -0.2) is 30.7 Å². The number of hydrogen-bond acceptors (Lipinski definition) is 4. The molecule has 0 amide bonds. The SMILES string of the molecule is COc1ccc(NC2(C)CCNC2)nc1. The fraction of sp³-hybridized carbons (Fsp3) is 0.545. The molecule has 1 saturated heterocycles. The van der Waals surface area contributed by atoms with Crippen LogP contribution in [0.1, 0.15) is 13.3 Å². The van der Waals surface area contributed by atoms with Crippen LogP contribution in [0.2, 0.25) is 0 Å². The number of methoxy groups -OCH3 is 1. The summed E-state index contributed by atoms with van der Waals surface area (Å²) >= 11 is 0. The van der Waals surface area contributed by atoms with Crippen LogP contribution in [0.25, 0.3) is 0 Å². The highest BCUT2D eigenvalue weighted by Gasteiger charge is 2.28. The van der Waals surface area contributed by atoms with E-state index in [1.807, 2.05) is 12.1 Å². The first-order chi connectivity index (χ1) is 7.22. The molecule has 2 heterocycles. The van der Waals surface area contributed by atoms with E-state index >= 15 is 0 Å². The van der Waals surface area contributed by atoms with Crippen LogP contribution in [0.4, 0.5) is 5.82 Å². The quantitative estimate of drug-likeness (QED) is 0.783. The average Bonchev–Trinajstić information content (AvgIpc) is 2.66. The van der Waals surface area contributed by atoms with Gasteiger partial charge >= 0.3 is 0 Å². The van der Waals surface area contributed by atoms with Gasteiger partial charge in [-0.05, 0) is 32.0 Å². The van der Waals surface area contributed by atoms with Gasteiger partial charge < -0.3 is 15.4 Å². The smallest absolute Gasteiger partial charge is 0.137 e. The van der Waals surface area contributed by atoms with E-state index < -0.39 is 0 Å². The van der Waals surface area contributed by atoms with Crippen molar-refractivity contribution in [2.75, 3.05) is 25.5 Å². The van der Waals surface area contributed by atoms with Crippen molar-refractivity contribution < 1.29 is 4.74 Å². The molecule has 4 heteroatoms. The zero-order chi connectivity index (χ0) is 10.7. The Morgan fingerprint density at radius 3 is 2.93 bits per heavy atom. The maximum Gasteiger partial charge on any atom is 0.137 e. The third-order valence-electron chi connectivity index (χ3n) is 2.77. The van der Waals surface area contributed by atoms with Gasteiger partial charge in [0.1, 0.15) is 11.6 Å². The lowest BCUT2D eigenvalue weighted by Gasteiger charge is -2.25. The summed E-state index contributed by atoms with van der Waals surface area (Å²) in [6.45, 7) is 4.26. The third kappa shape index (κ3) is 2.39.